The smallest absolute Gasteiger partial charge is 0.254 e. The van der Waals surface area contributed by atoms with E-state index in [0.29, 0.717) is 28.1 Å². The van der Waals surface area contributed by atoms with E-state index in [4.69, 9.17) is 28.9 Å². The number of likely N-dealkylation sites (tertiary alicyclic amines) is 1. The number of piperidine rings is 1. The molecule has 19 heavy (non-hydrogen) atoms. The molecule has 1 heterocycles. The molecule has 0 radical (unpaired) electrons. The van der Waals surface area contributed by atoms with E-state index in [1.807, 2.05) is 4.90 Å². The van der Waals surface area contributed by atoms with Crippen molar-refractivity contribution in [3.8, 4) is 0 Å². The number of nitrogens with two attached hydrogens (primary N) is 1. The molecule has 2 atom stereocenters. The summed E-state index contributed by atoms with van der Waals surface area (Å²) >= 11 is 11.9. The van der Waals surface area contributed by atoms with Crippen molar-refractivity contribution in [1.82, 2.24) is 4.90 Å². The van der Waals surface area contributed by atoms with E-state index in [9.17, 15) is 4.79 Å². The molecule has 1 aromatic rings. The first-order valence-electron chi connectivity index (χ1n) is 6.48. The largest absolute Gasteiger partial charge is 0.334 e. The van der Waals surface area contributed by atoms with E-state index in [-0.39, 0.29) is 11.9 Å². The van der Waals surface area contributed by atoms with E-state index < -0.39 is 0 Å². The fourth-order valence-corrected chi connectivity index (χ4v) is 3.11. The fraction of sp³-hybridized carbons (Fsp3) is 0.500. The fourth-order valence-electron chi connectivity index (χ4n) is 2.59. The highest BCUT2D eigenvalue weighted by Gasteiger charge is 2.29. The summed E-state index contributed by atoms with van der Waals surface area (Å²) in [5, 5.41) is 0.955. The quantitative estimate of drug-likeness (QED) is 0.912. The van der Waals surface area contributed by atoms with Crippen LogP contribution >= 0.6 is 23.2 Å². The topological polar surface area (TPSA) is 46.3 Å². The summed E-state index contributed by atoms with van der Waals surface area (Å²) in [6.07, 6.45) is 1.97. The van der Waals surface area contributed by atoms with E-state index >= 15 is 0 Å². The van der Waals surface area contributed by atoms with Gasteiger partial charge in [0.05, 0.1) is 0 Å². The summed E-state index contributed by atoms with van der Waals surface area (Å²) in [5.74, 6) is 0.576. The molecule has 0 bridgehead atoms. The molecule has 1 aliphatic rings. The van der Waals surface area contributed by atoms with Crippen LogP contribution < -0.4 is 5.73 Å². The minimum absolute atomic E-state index is 0.0354. The van der Waals surface area contributed by atoms with Gasteiger partial charge in [0.1, 0.15) is 0 Å². The summed E-state index contributed by atoms with van der Waals surface area (Å²) in [4.78, 5) is 14.4. The van der Waals surface area contributed by atoms with Crippen LogP contribution in [0.2, 0.25) is 10.0 Å². The van der Waals surface area contributed by atoms with Crippen LogP contribution in [0, 0.1) is 5.92 Å². The molecule has 104 valence electrons. The highest BCUT2D eigenvalue weighted by atomic mass is 35.5. The Bertz CT molecular complexity index is 458. The number of hydrogen-bond donors (Lipinski definition) is 1. The Morgan fingerprint density at radius 3 is 2.58 bits per heavy atom. The number of amides is 1. The first-order chi connectivity index (χ1) is 9.01. The summed E-state index contributed by atoms with van der Waals surface area (Å²) in [6, 6.07) is 5.04. The molecule has 2 N–H and O–H groups in total. The van der Waals surface area contributed by atoms with Crippen LogP contribution in [0.3, 0.4) is 0 Å². The number of carbonyl (C=O) groups is 1. The van der Waals surface area contributed by atoms with E-state index in [2.05, 4.69) is 6.92 Å². The van der Waals surface area contributed by atoms with Crippen molar-refractivity contribution in [2.24, 2.45) is 11.7 Å². The van der Waals surface area contributed by atoms with Gasteiger partial charge in [-0.3, -0.25) is 4.79 Å². The Morgan fingerprint density at radius 2 is 2.00 bits per heavy atom. The maximum Gasteiger partial charge on any atom is 0.254 e. The van der Waals surface area contributed by atoms with E-state index in [0.717, 1.165) is 19.4 Å². The van der Waals surface area contributed by atoms with Crippen LogP contribution in [-0.2, 0) is 0 Å². The van der Waals surface area contributed by atoms with Crippen molar-refractivity contribution < 1.29 is 4.79 Å². The van der Waals surface area contributed by atoms with Gasteiger partial charge in [0, 0.05) is 34.7 Å². The van der Waals surface area contributed by atoms with Gasteiger partial charge in [0.2, 0.25) is 0 Å². The first kappa shape index (κ1) is 14.6. The Kier molecular flexibility index (Phi) is 4.71. The minimum atomic E-state index is -0.0354. The molecule has 5 heteroatoms. The molecular formula is C14H18Cl2N2O. The second-order valence-electron chi connectivity index (χ2n) is 5.18. The third-order valence-electron chi connectivity index (χ3n) is 3.62. The Labute approximate surface area is 123 Å². The monoisotopic (exact) mass is 300 g/mol. The highest BCUT2D eigenvalue weighted by Crippen LogP contribution is 2.26. The molecule has 1 fully saturated rings. The lowest BCUT2D eigenvalue weighted by molar-refractivity contribution is 0.0573. The van der Waals surface area contributed by atoms with Gasteiger partial charge in [-0.15, -0.1) is 0 Å². The minimum Gasteiger partial charge on any atom is -0.334 e. The average Bonchev–Trinajstić information content (AvgIpc) is 2.36. The van der Waals surface area contributed by atoms with E-state index in [1.54, 1.807) is 18.2 Å². The lowest BCUT2D eigenvalue weighted by atomic mass is 9.92. The van der Waals surface area contributed by atoms with Crippen molar-refractivity contribution in [1.29, 1.82) is 0 Å². The SMILES string of the molecule is CC1CCN(C(=O)c2cc(Cl)cc(Cl)c2)C(CN)C1. The molecule has 1 saturated heterocycles. The van der Waals surface area contributed by atoms with Gasteiger partial charge in [-0.25, -0.2) is 0 Å². The van der Waals surface area contributed by atoms with Crippen LogP contribution in [0.4, 0.5) is 0 Å². The lowest BCUT2D eigenvalue weighted by Gasteiger charge is -2.38. The van der Waals surface area contributed by atoms with Crippen LogP contribution in [0.15, 0.2) is 18.2 Å². The van der Waals surface area contributed by atoms with E-state index in [1.165, 1.54) is 0 Å². The Hall–Kier alpha value is -0.770. The molecule has 3 nitrogen and oxygen atoms in total. The van der Waals surface area contributed by atoms with Crippen molar-refractivity contribution in [2.45, 2.75) is 25.8 Å². The van der Waals surface area contributed by atoms with Crippen LogP contribution in [0.5, 0.6) is 0 Å². The van der Waals surface area contributed by atoms with Crippen molar-refractivity contribution in [3.63, 3.8) is 0 Å². The normalized spacial score (nSPS) is 23.5. The molecule has 0 spiro atoms. The van der Waals surface area contributed by atoms with Gasteiger partial charge >= 0.3 is 0 Å². The van der Waals surface area contributed by atoms with Gasteiger partial charge in [-0.05, 0) is 37.0 Å². The number of carbonyl (C=O) groups excluding carboxylic acids is 1. The van der Waals surface area contributed by atoms with Crippen LogP contribution in [0.25, 0.3) is 0 Å². The first-order valence-corrected chi connectivity index (χ1v) is 7.24. The van der Waals surface area contributed by atoms with Gasteiger partial charge in [-0.1, -0.05) is 30.1 Å². The molecule has 0 aliphatic carbocycles. The summed E-state index contributed by atoms with van der Waals surface area (Å²) in [5.41, 5.74) is 6.32. The predicted molar refractivity (Wildman–Crippen MR) is 78.7 cm³/mol. The third kappa shape index (κ3) is 3.41. The number of rotatable bonds is 2. The maximum absolute atomic E-state index is 12.5. The van der Waals surface area contributed by atoms with Crippen LogP contribution in [-0.4, -0.2) is 29.9 Å². The molecule has 0 saturated carbocycles. The Morgan fingerprint density at radius 1 is 1.37 bits per heavy atom. The van der Waals surface area contributed by atoms with Crippen molar-refractivity contribution in [3.05, 3.63) is 33.8 Å². The van der Waals surface area contributed by atoms with Gasteiger partial charge in [-0.2, -0.15) is 0 Å². The molecular weight excluding hydrogens is 283 g/mol. The van der Waals surface area contributed by atoms with Crippen molar-refractivity contribution >= 4 is 29.1 Å². The second-order valence-corrected chi connectivity index (χ2v) is 6.05. The zero-order valence-corrected chi connectivity index (χ0v) is 12.4. The third-order valence-corrected chi connectivity index (χ3v) is 4.06. The molecule has 2 unspecified atom stereocenters. The standard InChI is InChI=1S/C14H18Cl2N2O/c1-9-2-3-18(13(4-9)8-17)14(19)10-5-11(15)7-12(16)6-10/h5-7,9,13H,2-4,8,17H2,1H3. The maximum atomic E-state index is 12.5. The highest BCUT2D eigenvalue weighted by molar-refractivity contribution is 6.35. The molecule has 2 rings (SSSR count). The molecule has 1 amide bonds. The number of hydrogen-bond acceptors (Lipinski definition) is 2. The molecule has 1 aliphatic heterocycles. The number of halogens is 2. The van der Waals surface area contributed by atoms with Gasteiger partial charge in [0.25, 0.3) is 5.91 Å². The number of nitrogens with zero attached hydrogens (tertiary/aromatic N) is 1. The Balaban J connectivity index is 2.22. The van der Waals surface area contributed by atoms with Gasteiger partial charge in [0.15, 0.2) is 0 Å². The average molecular weight is 301 g/mol. The molecule has 1 aromatic carbocycles. The second kappa shape index (κ2) is 6.12. The summed E-state index contributed by atoms with van der Waals surface area (Å²) < 4.78 is 0. The predicted octanol–water partition coefficient (Wildman–Crippen LogP) is 3.19. The van der Waals surface area contributed by atoms with Crippen molar-refractivity contribution in [2.75, 3.05) is 13.1 Å². The zero-order valence-electron chi connectivity index (χ0n) is 10.9. The molecule has 0 aromatic heterocycles. The van der Waals surface area contributed by atoms with Crippen LogP contribution in [0.1, 0.15) is 30.1 Å². The van der Waals surface area contributed by atoms with Gasteiger partial charge < -0.3 is 10.6 Å². The summed E-state index contributed by atoms with van der Waals surface area (Å²) in [6.45, 7) is 3.43. The lowest BCUT2D eigenvalue weighted by Crippen LogP contribution is -2.49. The zero-order chi connectivity index (χ0) is 14.0. The number of benzene rings is 1. The summed E-state index contributed by atoms with van der Waals surface area (Å²) in [7, 11) is 0.